The molecule has 0 spiro atoms. The Bertz CT molecular complexity index is 285. The summed E-state index contributed by atoms with van der Waals surface area (Å²) in [5, 5.41) is 9.23. The molecule has 0 saturated heterocycles. The van der Waals surface area contributed by atoms with Gasteiger partial charge in [-0.1, -0.05) is 31.5 Å². The monoisotopic (exact) mass is 228 g/mol. The van der Waals surface area contributed by atoms with Gasteiger partial charge in [0.25, 0.3) is 0 Å². The highest BCUT2D eigenvalue weighted by atomic mass is 32.2. The first kappa shape index (κ1) is 12.5. The highest BCUT2D eigenvalue weighted by Crippen LogP contribution is 2.18. The zero-order valence-electron chi connectivity index (χ0n) is 9.57. The van der Waals surface area contributed by atoms with Gasteiger partial charge in [0.05, 0.1) is 0 Å². The summed E-state index contributed by atoms with van der Waals surface area (Å²) in [6.45, 7) is 5.64. The average Bonchev–Trinajstić information content (AvgIpc) is 2.57. The summed E-state index contributed by atoms with van der Waals surface area (Å²) in [4.78, 5) is 0. The first-order valence-electron chi connectivity index (χ1n) is 5.52. The molecule has 15 heavy (non-hydrogen) atoms. The number of hydrogen-bond acceptors (Lipinski definition) is 4. The van der Waals surface area contributed by atoms with Gasteiger partial charge in [0.2, 0.25) is 0 Å². The van der Waals surface area contributed by atoms with Crippen molar-refractivity contribution in [3.8, 4) is 0 Å². The molecule has 4 nitrogen and oxygen atoms in total. The van der Waals surface area contributed by atoms with Crippen LogP contribution < -0.4 is 5.73 Å². The normalized spacial score (nSPS) is 10.9. The van der Waals surface area contributed by atoms with E-state index in [0.717, 1.165) is 23.3 Å². The third-order valence-corrected chi connectivity index (χ3v) is 3.29. The average molecular weight is 228 g/mol. The quantitative estimate of drug-likeness (QED) is 0.571. The number of aromatic nitrogens is 3. The summed E-state index contributed by atoms with van der Waals surface area (Å²) >= 11 is 1.78. The summed E-state index contributed by atoms with van der Waals surface area (Å²) in [5.74, 6) is 2.08. The maximum absolute atomic E-state index is 5.55. The first-order valence-corrected chi connectivity index (χ1v) is 6.50. The second kappa shape index (κ2) is 6.85. The zero-order valence-corrected chi connectivity index (χ0v) is 10.4. The second-order valence-corrected chi connectivity index (χ2v) is 4.59. The van der Waals surface area contributed by atoms with Crippen LogP contribution in [0.25, 0.3) is 0 Å². The third-order valence-electron chi connectivity index (χ3n) is 2.23. The van der Waals surface area contributed by atoms with Crippen molar-refractivity contribution in [2.24, 2.45) is 5.73 Å². The van der Waals surface area contributed by atoms with E-state index in [1.165, 1.54) is 19.3 Å². The lowest BCUT2D eigenvalue weighted by atomic mass is 10.3. The Morgan fingerprint density at radius 3 is 2.80 bits per heavy atom. The molecule has 2 N–H and O–H groups in total. The Kier molecular flexibility index (Phi) is 5.71. The molecule has 0 fully saturated rings. The van der Waals surface area contributed by atoms with Gasteiger partial charge >= 0.3 is 0 Å². The largest absolute Gasteiger partial charge is 0.329 e. The highest BCUT2D eigenvalue weighted by Gasteiger charge is 2.07. The summed E-state index contributed by atoms with van der Waals surface area (Å²) < 4.78 is 2.09. The summed E-state index contributed by atoms with van der Waals surface area (Å²) in [7, 11) is 0. The van der Waals surface area contributed by atoms with Gasteiger partial charge in [-0.3, -0.25) is 0 Å². The van der Waals surface area contributed by atoms with E-state index < -0.39 is 0 Å². The number of rotatable bonds is 7. The fourth-order valence-corrected chi connectivity index (χ4v) is 2.38. The topological polar surface area (TPSA) is 56.7 Å². The van der Waals surface area contributed by atoms with Gasteiger partial charge in [0.1, 0.15) is 5.82 Å². The fourth-order valence-electron chi connectivity index (χ4n) is 1.37. The van der Waals surface area contributed by atoms with Crippen LogP contribution in [0, 0.1) is 6.92 Å². The molecule has 86 valence electrons. The summed E-state index contributed by atoms with van der Waals surface area (Å²) in [6, 6.07) is 0. The molecule has 1 aromatic rings. The molecule has 0 aliphatic heterocycles. The van der Waals surface area contributed by atoms with E-state index in [2.05, 4.69) is 21.7 Å². The Morgan fingerprint density at radius 2 is 2.13 bits per heavy atom. The Morgan fingerprint density at radius 1 is 1.33 bits per heavy atom. The molecule has 1 rings (SSSR count). The van der Waals surface area contributed by atoms with Crippen LogP contribution in [0.5, 0.6) is 0 Å². The minimum absolute atomic E-state index is 0.640. The van der Waals surface area contributed by atoms with E-state index in [1.54, 1.807) is 11.8 Å². The van der Waals surface area contributed by atoms with E-state index in [9.17, 15) is 0 Å². The van der Waals surface area contributed by atoms with E-state index in [0.29, 0.717) is 6.54 Å². The number of nitrogens with zero attached hydrogens (tertiary/aromatic N) is 3. The van der Waals surface area contributed by atoms with Crippen LogP contribution in [0.1, 0.15) is 32.0 Å². The van der Waals surface area contributed by atoms with Crippen molar-refractivity contribution in [3.63, 3.8) is 0 Å². The van der Waals surface area contributed by atoms with Gasteiger partial charge in [0, 0.05) is 18.8 Å². The molecule has 0 amide bonds. The molecule has 0 atom stereocenters. The molecule has 0 aromatic carbocycles. The number of hydrogen-bond donors (Lipinski definition) is 1. The van der Waals surface area contributed by atoms with Crippen molar-refractivity contribution in [1.29, 1.82) is 0 Å². The van der Waals surface area contributed by atoms with Crippen LogP contribution in [-0.2, 0) is 6.54 Å². The second-order valence-electron chi connectivity index (χ2n) is 3.53. The molecule has 0 saturated carbocycles. The summed E-state index contributed by atoms with van der Waals surface area (Å²) in [5.41, 5.74) is 5.55. The lowest BCUT2D eigenvalue weighted by Crippen LogP contribution is -2.12. The van der Waals surface area contributed by atoms with E-state index in [-0.39, 0.29) is 0 Å². The number of aryl methyl sites for hydroxylation is 1. The van der Waals surface area contributed by atoms with Crippen molar-refractivity contribution in [3.05, 3.63) is 5.82 Å². The Hall–Kier alpha value is -0.550. The first-order chi connectivity index (χ1) is 7.29. The number of unbranched alkanes of at least 4 members (excludes halogenated alkanes) is 2. The molecule has 1 heterocycles. The lowest BCUT2D eigenvalue weighted by molar-refractivity contribution is 0.627. The van der Waals surface area contributed by atoms with Crippen molar-refractivity contribution < 1.29 is 0 Å². The van der Waals surface area contributed by atoms with Crippen LogP contribution in [0.15, 0.2) is 5.16 Å². The minimum atomic E-state index is 0.640. The molecule has 0 aliphatic carbocycles. The van der Waals surface area contributed by atoms with Crippen molar-refractivity contribution in [2.45, 2.75) is 44.8 Å². The van der Waals surface area contributed by atoms with Crippen LogP contribution >= 0.6 is 11.8 Å². The van der Waals surface area contributed by atoms with Gasteiger partial charge < -0.3 is 10.3 Å². The van der Waals surface area contributed by atoms with E-state index in [4.69, 9.17) is 5.73 Å². The molecule has 0 unspecified atom stereocenters. The van der Waals surface area contributed by atoms with Gasteiger partial charge in [-0.25, -0.2) is 0 Å². The maximum atomic E-state index is 5.55. The van der Waals surface area contributed by atoms with E-state index in [1.807, 2.05) is 6.92 Å². The fraction of sp³-hybridized carbons (Fsp3) is 0.800. The van der Waals surface area contributed by atoms with Crippen LogP contribution in [-0.4, -0.2) is 27.1 Å². The summed E-state index contributed by atoms with van der Waals surface area (Å²) in [6.07, 6.45) is 3.79. The van der Waals surface area contributed by atoms with Crippen LogP contribution in [0.3, 0.4) is 0 Å². The zero-order chi connectivity index (χ0) is 11.1. The minimum Gasteiger partial charge on any atom is -0.329 e. The Balaban J connectivity index is 2.45. The van der Waals surface area contributed by atoms with Crippen molar-refractivity contribution >= 4 is 11.8 Å². The molecule has 0 aliphatic rings. The molecule has 1 aromatic heterocycles. The van der Waals surface area contributed by atoms with Crippen LogP contribution in [0.2, 0.25) is 0 Å². The van der Waals surface area contributed by atoms with Gasteiger partial charge in [0.15, 0.2) is 5.16 Å². The number of nitrogens with two attached hydrogens (primary N) is 1. The van der Waals surface area contributed by atoms with E-state index >= 15 is 0 Å². The number of thioether (sulfide) groups is 1. The third kappa shape index (κ3) is 3.83. The highest BCUT2D eigenvalue weighted by molar-refractivity contribution is 7.99. The molecular formula is C10H20N4S. The van der Waals surface area contributed by atoms with Gasteiger partial charge in [-0.05, 0) is 13.3 Å². The maximum Gasteiger partial charge on any atom is 0.191 e. The predicted octanol–water partition coefficient (Wildman–Crippen LogP) is 1.83. The standard InChI is InChI=1S/C10H20N4S/c1-3-4-5-8-15-10-13-12-9(2)14(10)7-6-11/h3-8,11H2,1-2H3. The lowest BCUT2D eigenvalue weighted by Gasteiger charge is -2.05. The molecule has 0 radical (unpaired) electrons. The SMILES string of the molecule is CCCCCSc1nnc(C)n1CCN. The molecular weight excluding hydrogens is 208 g/mol. The van der Waals surface area contributed by atoms with Crippen molar-refractivity contribution in [1.82, 2.24) is 14.8 Å². The smallest absolute Gasteiger partial charge is 0.191 e. The predicted molar refractivity (Wildman–Crippen MR) is 64.1 cm³/mol. The van der Waals surface area contributed by atoms with Crippen LogP contribution in [0.4, 0.5) is 0 Å². The van der Waals surface area contributed by atoms with Crippen molar-refractivity contribution in [2.75, 3.05) is 12.3 Å². The van der Waals surface area contributed by atoms with Gasteiger partial charge in [-0.2, -0.15) is 0 Å². The Labute approximate surface area is 95.6 Å². The molecule has 0 bridgehead atoms. The molecule has 5 heteroatoms. The van der Waals surface area contributed by atoms with Gasteiger partial charge in [-0.15, -0.1) is 10.2 Å².